The van der Waals surface area contributed by atoms with Gasteiger partial charge in [-0.2, -0.15) is 5.26 Å². The van der Waals surface area contributed by atoms with Crippen LogP contribution in [0.4, 0.5) is 5.69 Å². The number of anilines is 1. The van der Waals surface area contributed by atoms with E-state index in [0.29, 0.717) is 17.6 Å². The Morgan fingerprint density at radius 2 is 2.37 bits per heavy atom. The number of nitrogens with zero attached hydrogens (tertiary/aromatic N) is 1. The van der Waals surface area contributed by atoms with E-state index in [-0.39, 0.29) is 0 Å². The van der Waals surface area contributed by atoms with Crippen molar-refractivity contribution in [2.75, 3.05) is 11.9 Å². The van der Waals surface area contributed by atoms with Crippen LogP contribution in [0.25, 0.3) is 0 Å². The monoisotopic (exact) mass is 321 g/mol. The first-order valence-corrected chi connectivity index (χ1v) is 7.68. The average molecular weight is 322 g/mol. The topological polar surface area (TPSA) is 47.8 Å². The Labute approximate surface area is 123 Å². The highest BCUT2D eigenvalue weighted by molar-refractivity contribution is 9.10. The number of nitrogens with one attached hydrogen (secondary N) is 2. The molecule has 1 aromatic rings. The summed E-state index contributed by atoms with van der Waals surface area (Å²) in [4.78, 5) is 0. The Morgan fingerprint density at radius 3 is 3.00 bits per heavy atom. The van der Waals surface area contributed by atoms with E-state index in [9.17, 15) is 0 Å². The first kappa shape index (κ1) is 14.4. The van der Waals surface area contributed by atoms with E-state index in [2.05, 4.69) is 39.6 Å². The summed E-state index contributed by atoms with van der Waals surface area (Å²) in [6.07, 6.45) is 5.05. The quantitative estimate of drug-likeness (QED) is 0.889. The van der Waals surface area contributed by atoms with Crippen LogP contribution in [0.2, 0.25) is 0 Å². The van der Waals surface area contributed by atoms with Crippen LogP contribution in [0.3, 0.4) is 0 Å². The molecule has 4 heteroatoms. The lowest BCUT2D eigenvalue weighted by Crippen LogP contribution is -2.37. The number of rotatable bonds is 4. The van der Waals surface area contributed by atoms with Crippen molar-refractivity contribution in [2.24, 2.45) is 0 Å². The number of hydrogen-bond donors (Lipinski definition) is 2. The molecular formula is C15H20BrN3. The standard InChI is InChI=1S/C15H20BrN3/c1-11(8-13-4-2-3-7-18-13)19-15-6-5-12(10-17)9-14(15)16/h5-6,9,11,13,18-19H,2-4,7-8H2,1H3. The highest BCUT2D eigenvalue weighted by Gasteiger charge is 2.16. The summed E-state index contributed by atoms with van der Waals surface area (Å²) < 4.78 is 0.954. The maximum Gasteiger partial charge on any atom is 0.0992 e. The molecule has 2 atom stereocenters. The normalized spacial score (nSPS) is 20.6. The van der Waals surface area contributed by atoms with Gasteiger partial charge in [0, 0.05) is 22.2 Å². The van der Waals surface area contributed by atoms with Crippen molar-refractivity contribution in [3.63, 3.8) is 0 Å². The number of nitriles is 1. The van der Waals surface area contributed by atoms with Gasteiger partial charge in [0.15, 0.2) is 0 Å². The molecule has 1 aliphatic rings. The van der Waals surface area contributed by atoms with Gasteiger partial charge in [0.05, 0.1) is 11.6 Å². The van der Waals surface area contributed by atoms with Crippen molar-refractivity contribution < 1.29 is 0 Å². The molecular weight excluding hydrogens is 302 g/mol. The number of piperidine rings is 1. The lowest BCUT2D eigenvalue weighted by atomic mass is 9.98. The van der Waals surface area contributed by atoms with Crippen LogP contribution in [-0.4, -0.2) is 18.6 Å². The first-order chi connectivity index (χ1) is 9.19. The van der Waals surface area contributed by atoms with Crippen molar-refractivity contribution in [1.82, 2.24) is 5.32 Å². The second-order valence-corrected chi connectivity index (χ2v) is 6.09. The van der Waals surface area contributed by atoms with Gasteiger partial charge in [0.2, 0.25) is 0 Å². The summed E-state index contributed by atoms with van der Waals surface area (Å²) in [5.41, 5.74) is 1.74. The molecule has 1 saturated heterocycles. The van der Waals surface area contributed by atoms with E-state index in [4.69, 9.17) is 5.26 Å². The molecule has 1 fully saturated rings. The molecule has 2 rings (SSSR count). The third-order valence-corrected chi connectivity index (χ3v) is 4.21. The smallest absolute Gasteiger partial charge is 0.0992 e. The summed E-state index contributed by atoms with van der Waals surface area (Å²) in [6.45, 7) is 3.36. The zero-order valence-electron chi connectivity index (χ0n) is 11.2. The molecule has 102 valence electrons. The Kier molecular flexibility index (Phi) is 5.24. The van der Waals surface area contributed by atoms with Crippen molar-refractivity contribution in [3.05, 3.63) is 28.2 Å². The van der Waals surface area contributed by atoms with Gasteiger partial charge in [-0.25, -0.2) is 0 Å². The summed E-state index contributed by atoms with van der Waals surface area (Å²) in [5, 5.41) is 15.9. The summed E-state index contributed by atoms with van der Waals surface area (Å²) in [6, 6.07) is 8.86. The van der Waals surface area contributed by atoms with E-state index in [1.165, 1.54) is 19.3 Å². The lowest BCUT2D eigenvalue weighted by molar-refractivity contribution is 0.371. The fourth-order valence-electron chi connectivity index (χ4n) is 2.58. The fourth-order valence-corrected chi connectivity index (χ4v) is 3.07. The van der Waals surface area contributed by atoms with Crippen LogP contribution in [0.15, 0.2) is 22.7 Å². The zero-order chi connectivity index (χ0) is 13.7. The number of halogens is 1. The fraction of sp³-hybridized carbons (Fsp3) is 0.533. The van der Waals surface area contributed by atoms with Crippen LogP contribution in [0.5, 0.6) is 0 Å². The molecule has 3 nitrogen and oxygen atoms in total. The molecule has 1 aromatic carbocycles. The van der Waals surface area contributed by atoms with Gasteiger partial charge in [-0.05, 0) is 66.9 Å². The third-order valence-electron chi connectivity index (χ3n) is 3.55. The highest BCUT2D eigenvalue weighted by atomic mass is 79.9. The molecule has 0 saturated carbocycles. The molecule has 0 bridgehead atoms. The van der Waals surface area contributed by atoms with E-state index in [1.54, 1.807) is 0 Å². The van der Waals surface area contributed by atoms with E-state index in [0.717, 1.165) is 23.1 Å². The molecule has 1 aliphatic heterocycles. The zero-order valence-corrected chi connectivity index (χ0v) is 12.8. The minimum atomic E-state index is 0.417. The van der Waals surface area contributed by atoms with Gasteiger partial charge in [-0.15, -0.1) is 0 Å². The minimum absolute atomic E-state index is 0.417. The second kappa shape index (κ2) is 6.93. The van der Waals surface area contributed by atoms with Crippen LogP contribution >= 0.6 is 15.9 Å². The van der Waals surface area contributed by atoms with Crippen molar-refractivity contribution in [1.29, 1.82) is 5.26 Å². The molecule has 2 N–H and O–H groups in total. The summed E-state index contributed by atoms with van der Waals surface area (Å²) in [5.74, 6) is 0. The van der Waals surface area contributed by atoms with Gasteiger partial charge < -0.3 is 10.6 Å². The van der Waals surface area contributed by atoms with E-state index < -0.39 is 0 Å². The first-order valence-electron chi connectivity index (χ1n) is 6.88. The predicted molar refractivity (Wildman–Crippen MR) is 82.2 cm³/mol. The summed E-state index contributed by atoms with van der Waals surface area (Å²) in [7, 11) is 0. The van der Waals surface area contributed by atoms with Gasteiger partial charge >= 0.3 is 0 Å². The van der Waals surface area contributed by atoms with Crippen LogP contribution in [0.1, 0.15) is 38.2 Å². The second-order valence-electron chi connectivity index (χ2n) is 5.23. The van der Waals surface area contributed by atoms with E-state index in [1.807, 2.05) is 18.2 Å². The van der Waals surface area contributed by atoms with Gasteiger partial charge in [0.25, 0.3) is 0 Å². The molecule has 0 radical (unpaired) electrons. The van der Waals surface area contributed by atoms with Gasteiger partial charge in [-0.3, -0.25) is 0 Å². The molecule has 0 aromatic heterocycles. The Bertz CT molecular complexity index is 461. The minimum Gasteiger partial charge on any atom is -0.382 e. The predicted octanol–water partition coefficient (Wildman–Crippen LogP) is 3.65. The molecule has 0 spiro atoms. The van der Waals surface area contributed by atoms with Gasteiger partial charge in [-0.1, -0.05) is 6.42 Å². The Balaban J connectivity index is 1.91. The van der Waals surface area contributed by atoms with Crippen molar-refractivity contribution in [2.45, 2.75) is 44.7 Å². The van der Waals surface area contributed by atoms with Crippen LogP contribution < -0.4 is 10.6 Å². The molecule has 19 heavy (non-hydrogen) atoms. The number of benzene rings is 1. The van der Waals surface area contributed by atoms with Gasteiger partial charge in [0.1, 0.15) is 0 Å². The molecule has 0 aliphatic carbocycles. The van der Waals surface area contributed by atoms with Crippen LogP contribution in [0, 0.1) is 11.3 Å². The van der Waals surface area contributed by atoms with Crippen LogP contribution in [-0.2, 0) is 0 Å². The Hall–Kier alpha value is -1.05. The van der Waals surface area contributed by atoms with Crippen molar-refractivity contribution in [3.8, 4) is 6.07 Å². The average Bonchev–Trinajstić information content (AvgIpc) is 2.42. The maximum atomic E-state index is 8.85. The SMILES string of the molecule is CC(CC1CCCCN1)Nc1ccc(C#N)cc1Br. The third kappa shape index (κ3) is 4.22. The van der Waals surface area contributed by atoms with E-state index >= 15 is 0 Å². The Morgan fingerprint density at radius 1 is 1.53 bits per heavy atom. The molecule has 2 unspecified atom stereocenters. The molecule has 0 amide bonds. The lowest BCUT2D eigenvalue weighted by Gasteiger charge is -2.27. The number of hydrogen-bond acceptors (Lipinski definition) is 3. The largest absolute Gasteiger partial charge is 0.382 e. The maximum absolute atomic E-state index is 8.85. The van der Waals surface area contributed by atoms with Crippen molar-refractivity contribution >= 4 is 21.6 Å². The highest BCUT2D eigenvalue weighted by Crippen LogP contribution is 2.25. The molecule has 1 heterocycles. The summed E-state index contributed by atoms with van der Waals surface area (Å²) >= 11 is 3.51.